The zero-order valence-corrected chi connectivity index (χ0v) is 14.7. The molecule has 0 saturated carbocycles. The third-order valence-corrected chi connectivity index (χ3v) is 4.67. The van der Waals surface area contributed by atoms with E-state index in [0.29, 0.717) is 36.1 Å². The molecule has 1 saturated heterocycles. The van der Waals surface area contributed by atoms with Crippen molar-refractivity contribution in [3.63, 3.8) is 0 Å². The Balaban J connectivity index is 1.48. The van der Waals surface area contributed by atoms with Gasteiger partial charge in [-0.1, -0.05) is 35.9 Å². The molecule has 1 fully saturated rings. The summed E-state index contributed by atoms with van der Waals surface area (Å²) >= 11 is 5.94. The summed E-state index contributed by atoms with van der Waals surface area (Å²) in [6.45, 7) is 1.60. The van der Waals surface area contributed by atoms with Crippen LogP contribution in [0.3, 0.4) is 0 Å². The first kappa shape index (κ1) is 16.8. The minimum atomic E-state index is -0.140. The molecule has 2 aromatic carbocycles. The van der Waals surface area contributed by atoms with Gasteiger partial charge in [-0.25, -0.2) is 4.98 Å². The summed E-state index contributed by atoms with van der Waals surface area (Å²) in [4.78, 5) is 18.8. The number of hydrogen-bond donors (Lipinski definition) is 1. The number of amides is 1. The highest BCUT2D eigenvalue weighted by atomic mass is 35.5. The van der Waals surface area contributed by atoms with E-state index < -0.39 is 0 Å². The first-order valence-electron chi connectivity index (χ1n) is 8.33. The average molecular weight is 369 g/mol. The number of rotatable bonds is 3. The van der Waals surface area contributed by atoms with Gasteiger partial charge in [-0.3, -0.25) is 9.89 Å². The molecule has 0 aliphatic carbocycles. The van der Waals surface area contributed by atoms with Gasteiger partial charge in [0.05, 0.1) is 13.2 Å². The smallest absolute Gasteiger partial charge is 0.254 e. The molecular formula is C19H17ClN4O2. The standard InChI is InChI=1S/C19H17ClN4O2/c20-16-7-5-13(6-8-16)17-11-24(9-10-26-17)19(25)15-3-1-14(2-4-15)18-21-12-22-23-18/h1-8,12,17H,9-11H2,(H,21,22,23). The van der Waals surface area contributed by atoms with Crippen molar-refractivity contribution < 1.29 is 9.53 Å². The average Bonchev–Trinajstić information content (AvgIpc) is 3.23. The van der Waals surface area contributed by atoms with Crippen molar-refractivity contribution >= 4 is 17.5 Å². The number of morpholine rings is 1. The van der Waals surface area contributed by atoms with Crippen LogP contribution in [-0.4, -0.2) is 45.7 Å². The highest BCUT2D eigenvalue weighted by molar-refractivity contribution is 6.30. The maximum Gasteiger partial charge on any atom is 0.254 e. The van der Waals surface area contributed by atoms with Gasteiger partial charge in [0.1, 0.15) is 12.4 Å². The highest BCUT2D eigenvalue weighted by Gasteiger charge is 2.26. The second kappa shape index (κ2) is 7.27. The number of ether oxygens (including phenoxy) is 1. The predicted octanol–water partition coefficient (Wildman–Crippen LogP) is 3.34. The fourth-order valence-corrected chi connectivity index (χ4v) is 3.14. The molecule has 0 spiro atoms. The van der Waals surface area contributed by atoms with E-state index in [1.54, 1.807) is 0 Å². The SMILES string of the molecule is O=C(c1ccc(-c2ncn[nH]2)cc1)N1CCOC(c2ccc(Cl)cc2)C1. The number of nitrogens with zero attached hydrogens (tertiary/aromatic N) is 3. The number of carbonyl (C=O) groups is 1. The van der Waals surface area contributed by atoms with Crippen LogP contribution in [0.25, 0.3) is 11.4 Å². The summed E-state index contributed by atoms with van der Waals surface area (Å²) in [6.07, 6.45) is 1.32. The summed E-state index contributed by atoms with van der Waals surface area (Å²) in [5.41, 5.74) is 2.55. The molecule has 0 radical (unpaired) electrons. The Hall–Kier alpha value is -2.70. The Morgan fingerprint density at radius 1 is 1.15 bits per heavy atom. The van der Waals surface area contributed by atoms with Crippen molar-refractivity contribution in [2.24, 2.45) is 0 Å². The van der Waals surface area contributed by atoms with E-state index in [1.807, 2.05) is 53.4 Å². The van der Waals surface area contributed by atoms with Crippen LogP contribution < -0.4 is 0 Å². The normalized spacial score (nSPS) is 17.3. The minimum absolute atomic E-state index is 0.00335. The van der Waals surface area contributed by atoms with Crippen LogP contribution in [0.2, 0.25) is 5.02 Å². The quantitative estimate of drug-likeness (QED) is 0.769. The Labute approximate surface area is 155 Å². The van der Waals surface area contributed by atoms with Crippen LogP contribution in [-0.2, 0) is 4.74 Å². The summed E-state index contributed by atoms with van der Waals surface area (Å²) in [7, 11) is 0. The molecule has 1 aliphatic heterocycles. The van der Waals surface area contributed by atoms with Gasteiger partial charge in [-0.15, -0.1) is 0 Å². The van der Waals surface area contributed by atoms with Gasteiger partial charge < -0.3 is 9.64 Å². The maximum atomic E-state index is 12.8. The molecule has 26 heavy (non-hydrogen) atoms. The van der Waals surface area contributed by atoms with Crippen molar-refractivity contribution in [3.8, 4) is 11.4 Å². The number of H-pyrrole nitrogens is 1. The Morgan fingerprint density at radius 3 is 2.62 bits per heavy atom. The number of aromatic amines is 1. The molecule has 1 aromatic heterocycles. The maximum absolute atomic E-state index is 12.8. The molecule has 1 unspecified atom stereocenters. The number of carbonyl (C=O) groups excluding carboxylic acids is 1. The van der Waals surface area contributed by atoms with Gasteiger partial charge in [0.25, 0.3) is 5.91 Å². The third-order valence-electron chi connectivity index (χ3n) is 4.42. The molecule has 1 N–H and O–H groups in total. The lowest BCUT2D eigenvalue weighted by atomic mass is 10.1. The van der Waals surface area contributed by atoms with Gasteiger partial charge in [0, 0.05) is 22.7 Å². The molecule has 6 nitrogen and oxygen atoms in total. The zero-order chi connectivity index (χ0) is 17.9. The number of halogens is 1. The van der Waals surface area contributed by atoms with Crippen molar-refractivity contribution in [1.82, 2.24) is 20.1 Å². The van der Waals surface area contributed by atoms with E-state index in [4.69, 9.17) is 16.3 Å². The number of hydrogen-bond acceptors (Lipinski definition) is 4. The molecular weight excluding hydrogens is 352 g/mol. The first-order chi connectivity index (χ1) is 12.7. The highest BCUT2D eigenvalue weighted by Crippen LogP contribution is 2.25. The predicted molar refractivity (Wildman–Crippen MR) is 97.9 cm³/mol. The minimum Gasteiger partial charge on any atom is -0.370 e. The van der Waals surface area contributed by atoms with E-state index in [2.05, 4.69) is 15.2 Å². The van der Waals surface area contributed by atoms with Crippen molar-refractivity contribution in [2.45, 2.75) is 6.10 Å². The molecule has 1 atom stereocenters. The molecule has 4 rings (SSSR count). The van der Waals surface area contributed by atoms with E-state index in [1.165, 1.54) is 6.33 Å². The van der Waals surface area contributed by atoms with E-state index in [-0.39, 0.29) is 12.0 Å². The Morgan fingerprint density at radius 2 is 1.92 bits per heavy atom. The van der Waals surface area contributed by atoms with Gasteiger partial charge >= 0.3 is 0 Å². The van der Waals surface area contributed by atoms with E-state index >= 15 is 0 Å². The molecule has 3 aromatic rings. The molecule has 1 amide bonds. The van der Waals surface area contributed by atoms with Gasteiger partial charge in [-0.05, 0) is 29.8 Å². The van der Waals surface area contributed by atoms with Crippen LogP contribution in [0.15, 0.2) is 54.9 Å². The summed E-state index contributed by atoms with van der Waals surface area (Å²) in [5.74, 6) is 0.676. The second-order valence-electron chi connectivity index (χ2n) is 6.07. The van der Waals surface area contributed by atoms with Crippen molar-refractivity contribution in [3.05, 3.63) is 71.0 Å². The fourth-order valence-electron chi connectivity index (χ4n) is 3.01. The van der Waals surface area contributed by atoms with Gasteiger partial charge in [0.15, 0.2) is 5.82 Å². The van der Waals surface area contributed by atoms with Crippen molar-refractivity contribution in [2.75, 3.05) is 19.7 Å². The molecule has 132 valence electrons. The fraction of sp³-hybridized carbons (Fsp3) is 0.211. The Kier molecular flexibility index (Phi) is 4.69. The number of aromatic nitrogens is 3. The molecule has 2 heterocycles. The van der Waals surface area contributed by atoms with Crippen LogP contribution in [0.5, 0.6) is 0 Å². The zero-order valence-electron chi connectivity index (χ0n) is 13.9. The van der Waals surface area contributed by atoms with Crippen LogP contribution >= 0.6 is 11.6 Å². The summed E-state index contributed by atoms with van der Waals surface area (Å²) < 4.78 is 5.83. The van der Waals surface area contributed by atoms with Crippen LogP contribution in [0.1, 0.15) is 22.0 Å². The largest absolute Gasteiger partial charge is 0.370 e. The topological polar surface area (TPSA) is 71.1 Å². The summed E-state index contributed by atoms with van der Waals surface area (Å²) in [5, 5.41) is 7.33. The second-order valence-corrected chi connectivity index (χ2v) is 6.51. The van der Waals surface area contributed by atoms with Gasteiger partial charge in [-0.2, -0.15) is 5.10 Å². The molecule has 0 bridgehead atoms. The lowest BCUT2D eigenvalue weighted by molar-refractivity contribution is -0.0228. The van der Waals surface area contributed by atoms with E-state index in [9.17, 15) is 4.79 Å². The summed E-state index contributed by atoms with van der Waals surface area (Å²) in [6, 6.07) is 14.9. The Bertz CT molecular complexity index is 879. The number of nitrogens with one attached hydrogen (secondary N) is 1. The number of benzene rings is 2. The van der Waals surface area contributed by atoms with Gasteiger partial charge in [0.2, 0.25) is 0 Å². The lowest BCUT2D eigenvalue weighted by Crippen LogP contribution is -2.42. The third kappa shape index (κ3) is 3.47. The first-order valence-corrected chi connectivity index (χ1v) is 8.70. The van der Waals surface area contributed by atoms with Crippen LogP contribution in [0.4, 0.5) is 0 Å². The lowest BCUT2D eigenvalue weighted by Gasteiger charge is -2.33. The van der Waals surface area contributed by atoms with E-state index in [0.717, 1.165) is 11.1 Å². The monoisotopic (exact) mass is 368 g/mol. The van der Waals surface area contributed by atoms with Crippen LogP contribution in [0, 0.1) is 0 Å². The molecule has 7 heteroatoms. The van der Waals surface area contributed by atoms with Crippen molar-refractivity contribution in [1.29, 1.82) is 0 Å². The molecule has 1 aliphatic rings.